The van der Waals surface area contributed by atoms with Crippen LogP contribution in [0.1, 0.15) is 5.56 Å². The monoisotopic (exact) mass is 372 g/mol. The Balaban J connectivity index is 1.57. The van der Waals surface area contributed by atoms with Gasteiger partial charge in [-0.15, -0.1) is 5.10 Å². The van der Waals surface area contributed by atoms with Crippen molar-refractivity contribution in [2.45, 2.75) is 6.54 Å². The molecule has 3 aromatic rings. The average molecular weight is 372 g/mol. The molecule has 0 fully saturated rings. The van der Waals surface area contributed by atoms with Crippen molar-refractivity contribution < 1.29 is 9.31 Å². The molecule has 3 rings (SSSR count). The number of thiocarbonyl (C=S) groups is 1. The minimum Gasteiger partial charge on any atom is -0.332 e. The highest BCUT2D eigenvalue weighted by Gasteiger charge is 2.07. The number of aromatic nitrogens is 3. The van der Waals surface area contributed by atoms with E-state index in [2.05, 4.69) is 20.7 Å². The van der Waals surface area contributed by atoms with E-state index in [4.69, 9.17) is 12.2 Å². The van der Waals surface area contributed by atoms with Crippen LogP contribution in [0, 0.1) is 15.9 Å². The maximum absolute atomic E-state index is 12.9. The van der Waals surface area contributed by atoms with Crippen molar-refractivity contribution in [3.8, 4) is 0 Å². The fraction of sp³-hybridized carbons (Fsp3) is 0.0625. The van der Waals surface area contributed by atoms with Crippen LogP contribution in [0.2, 0.25) is 0 Å². The van der Waals surface area contributed by atoms with E-state index in [0.717, 1.165) is 5.56 Å². The number of benzene rings is 2. The molecule has 0 bridgehead atoms. The number of anilines is 2. The van der Waals surface area contributed by atoms with Crippen LogP contribution in [-0.2, 0) is 6.54 Å². The number of nitrogens with one attached hydrogen (secondary N) is 2. The second-order valence-corrected chi connectivity index (χ2v) is 5.68. The van der Waals surface area contributed by atoms with Crippen molar-refractivity contribution in [1.29, 1.82) is 0 Å². The van der Waals surface area contributed by atoms with E-state index in [1.165, 1.54) is 30.6 Å². The van der Waals surface area contributed by atoms with E-state index < -0.39 is 4.92 Å². The Labute approximate surface area is 152 Å². The molecule has 26 heavy (non-hydrogen) atoms. The first-order chi connectivity index (χ1) is 12.5. The number of nitrogens with zero attached hydrogens (tertiary/aromatic N) is 4. The first-order valence-electron chi connectivity index (χ1n) is 7.46. The third-order valence-corrected chi connectivity index (χ3v) is 3.56. The van der Waals surface area contributed by atoms with Crippen molar-refractivity contribution >= 4 is 34.7 Å². The Morgan fingerprint density at radius 1 is 1.15 bits per heavy atom. The van der Waals surface area contributed by atoms with Gasteiger partial charge in [-0.05, 0) is 42.0 Å². The van der Waals surface area contributed by atoms with Crippen LogP contribution in [0.3, 0.4) is 0 Å². The van der Waals surface area contributed by atoms with E-state index in [-0.39, 0.29) is 16.6 Å². The molecular weight excluding hydrogens is 359 g/mol. The van der Waals surface area contributed by atoms with Gasteiger partial charge in [-0.25, -0.2) is 14.1 Å². The maximum Gasteiger partial charge on any atom is 0.269 e. The molecule has 0 aliphatic rings. The van der Waals surface area contributed by atoms with E-state index in [1.54, 1.807) is 28.9 Å². The first kappa shape index (κ1) is 17.4. The zero-order chi connectivity index (χ0) is 18.5. The molecule has 0 spiro atoms. The molecule has 2 N–H and O–H groups in total. The van der Waals surface area contributed by atoms with Crippen LogP contribution in [-0.4, -0.2) is 24.8 Å². The molecule has 0 radical (unpaired) electrons. The fourth-order valence-corrected chi connectivity index (χ4v) is 2.34. The van der Waals surface area contributed by atoms with Gasteiger partial charge in [0.25, 0.3) is 5.69 Å². The lowest BCUT2D eigenvalue weighted by atomic mass is 10.2. The number of rotatable bonds is 5. The van der Waals surface area contributed by atoms with Gasteiger partial charge in [0.2, 0.25) is 5.95 Å². The fourth-order valence-electron chi connectivity index (χ4n) is 2.14. The summed E-state index contributed by atoms with van der Waals surface area (Å²) in [6, 6.07) is 12.0. The van der Waals surface area contributed by atoms with Gasteiger partial charge in [0, 0.05) is 17.8 Å². The molecule has 2 aromatic carbocycles. The number of nitro benzene ring substituents is 1. The van der Waals surface area contributed by atoms with Crippen LogP contribution >= 0.6 is 12.2 Å². The molecule has 0 aliphatic carbocycles. The highest BCUT2D eigenvalue weighted by molar-refractivity contribution is 7.80. The molecular formula is C16H13FN6O2S. The zero-order valence-corrected chi connectivity index (χ0v) is 14.1. The summed E-state index contributed by atoms with van der Waals surface area (Å²) in [4.78, 5) is 14.3. The lowest BCUT2D eigenvalue weighted by Gasteiger charge is -2.07. The van der Waals surface area contributed by atoms with Crippen molar-refractivity contribution in [3.63, 3.8) is 0 Å². The van der Waals surface area contributed by atoms with E-state index in [0.29, 0.717) is 18.2 Å². The van der Waals surface area contributed by atoms with Gasteiger partial charge in [0.1, 0.15) is 12.1 Å². The summed E-state index contributed by atoms with van der Waals surface area (Å²) in [5.74, 6) is 0.00360. The normalized spacial score (nSPS) is 10.3. The van der Waals surface area contributed by atoms with Crippen LogP contribution < -0.4 is 10.6 Å². The summed E-state index contributed by atoms with van der Waals surface area (Å²) < 4.78 is 14.5. The number of hydrogen-bond donors (Lipinski definition) is 2. The number of halogens is 1. The molecule has 0 saturated heterocycles. The highest BCUT2D eigenvalue weighted by Crippen LogP contribution is 2.15. The van der Waals surface area contributed by atoms with Crippen LogP contribution in [0.15, 0.2) is 54.9 Å². The summed E-state index contributed by atoms with van der Waals surface area (Å²) in [5, 5.41) is 20.8. The minimum absolute atomic E-state index is 0.00405. The third-order valence-electron chi connectivity index (χ3n) is 3.36. The van der Waals surface area contributed by atoms with Crippen molar-refractivity contribution in [3.05, 3.63) is 76.4 Å². The van der Waals surface area contributed by atoms with Gasteiger partial charge >= 0.3 is 0 Å². The Hall–Kier alpha value is -3.40. The minimum atomic E-state index is -0.474. The second-order valence-electron chi connectivity index (χ2n) is 5.28. The molecule has 0 amide bonds. The summed E-state index contributed by atoms with van der Waals surface area (Å²) >= 11 is 5.17. The van der Waals surface area contributed by atoms with Gasteiger partial charge in [-0.2, -0.15) is 0 Å². The maximum atomic E-state index is 12.9. The van der Waals surface area contributed by atoms with Crippen LogP contribution in [0.4, 0.5) is 21.7 Å². The predicted molar refractivity (Wildman–Crippen MR) is 98.5 cm³/mol. The van der Waals surface area contributed by atoms with Crippen molar-refractivity contribution in [1.82, 2.24) is 14.8 Å². The largest absolute Gasteiger partial charge is 0.332 e. The van der Waals surface area contributed by atoms with Gasteiger partial charge in [0.15, 0.2) is 5.11 Å². The first-order valence-corrected chi connectivity index (χ1v) is 7.87. The molecule has 0 aliphatic heterocycles. The molecule has 8 nitrogen and oxygen atoms in total. The summed E-state index contributed by atoms with van der Waals surface area (Å²) in [6.45, 7) is 0.442. The Morgan fingerprint density at radius 2 is 1.85 bits per heavy atom. The molecule has 0 unspecified atom stereocenters. The van der Waals surface area contributed by atoms with Gasteiger partial charge in [0.05, 0.1) is 11.5 Å². The van der Waals surface area contributed by atoms with Crippen LogP contribution in [0.25, 0.3) is 0 Å². The zero-order valence-electron chi connectivity index (χ0n) is 13.3. The van der Waals surface area contributed by atoms with Gasteiger partial charge in [-0.1, -0.05) is 12.1 Å². The average Bonchev–Trinajstić information content (AvgIpc) is 3.04. The molecule has 1 heterocycles. The molecule has 10 heteroatoms. The Morgan fingerprint density at radius 3 is 2.50 bits per heavy atom. The van der Waals surface area contributed by atoms with E-state index in [1.807, 2.05) is 0 Å². The van der Waals surface area contributed by atoms with Gasteiger partial charge in [-0.3, -0.25) is 15.4 Å². The SMILES string of the molecule is O=[N+]([O-])c1ccc(NC(=S)Nc2ncn(Cc3ccc(F)cc3)n2)cc1. The van der Waals surface area contributed by atoms with Gasteiger partial charge < -0.3 is 5.32 Å². The van der Waals surface area contributed by atoms with Crippen LogP contribution in [0.5, 0.6) is 0 Å². The predicted octanol–water partition coefficient (Wildman–Crippen LogP) is 3.18. The van der Waals surface area contributed by atoms with Crippen molar-refractivity contribution in [2.75, 3.05) is 10.6 Å². The summed E-state index contributed by atoms with van der Waals surface area (Å²) in [6.07, 6.45) is 1.53. The molecule has 0 atom stereocenters. The summed E-state index contributed by atoms with van der Waals surface area (Å²) in [5.41, 5.74) is 1.48. The lowest BCUT2D eigenvalue weighted by Crippen LogP contribution is -2.20. The topological polar surface area (TPSA) is 97.9 Å². The number of non-ortho nitro benzene ring substituents is 1. The Kier molecular flexibility index (Phi) is 5.13. The van der Waals surface area contributed by atoms with E-state index >= 15 is 0 Å². The quantitative estimate of drug-likeness (QED) is 0.403. The molecule has 1 aromatic heterocycles. The molecule has 0 saturated carbocycles. The standard InChI is InChI=1S/C16H13FN6O2S/c17-12-3-1-11(2-4-12)9-22-10-18-15(21-22)20-16(26)19-13-5-7-14(8-6-13)23(24)25/h1-8,10H,9H2,(H2,19,20,21,26). The molecule has 132 valence electrons. The second kappa shape index (κ2) is 7.66. The Bertz CT molecular complexity index is 927. The lowest BCUT2D eigenvalue weighted by molar-refractivity contribution is -0.384. The van der Waals surface area contributed by atoms with Crippen molar-refractivity contribution in [2.24, 2.45) is 0 Å². The third kappa shape index (κ3) is 4.57. The highest BCUT2D eigenvalue weighted by atomic mass is 32.1. The smallest absolute Gasteiger partial charge is 0.269 e. The number of hydrogen-bond acceptors (Lipinski definition) is 5. The number of nitro groups is 1. The summed E-state index contributed by atoms with van der Waals surface area (Å²) in [7, 11) is 0. The van der Waals surface area contributed by atoms with E-state index in [9.17, 15) is 14.5 Å².